The zero-order valence-electron chi connectivity index (χ0n) is 17.5. The zero-order valence-corrected chi connectivity index (χ0v) is 19.1. The highest BCUT2D eigenvalue weighted by molar-refractivity contribution is 7.21. The lowest BCUT2D eigenvalue weighted by Gasteiger charge is -2.40. The van der Waals surface area contributed by atoms with E-state index in [1.807, 2.05) is 65.3 Å². The molecular formula is C25H25ClN2O2S. The minimum absolute atomic E-state index is 0.133. The molecule has 0 radical (unpaired) electrons. The number of rotatable bonds is 4. The van der Waals surface area contributed by atoms with Gasteiger partial charge in [-0.1, -0.05) is 29.8 Å². The number of amides is 2. The molecule has 0 N–H and O–H groups in total. The Balaban J connectivity index is 1.15. The second-order valence-electron chi connectivity index (χ2n) is 8.78. The molecule has 2 saturated heterocycles. The molecule has 2 aromatic carbocycles. The topological polar surface area (TPSA) is 40.6 Å². The molecule has 0 bridgehead atoms. The number of halogens is 1. The summed E-state index contributed by atoms with van der Waals surface area (Å²) < 4.78 is 1.11. The zero-order chi connectivity index (χ0) is 21.5. The molecule has 3 heterocycles. The van der Waals surface area contributed by atoms with Gasteiger partial charge in [0.05, 0.1) is 4.88 Å². The average Bonchev–Trinajstić information content (AvgIpc) is 3.35. The smallest absolute Gasteiger partial charge is 0.264 e. The van der Waals surface area contributed by atoms with E-state index in [4.69, 9.17) is 11.6 Å². The van der Waals surface area contributed by atoms with E-state index in [1.54, 1.807) is 11.3 Å². The summed E-state index contributed by atoms with van der Waals surface area (Å²) in [5.41, 5.74) is 1.80. The maximum atomic E-state index is 13.0. The summed E-state index contributed by atoms with van der Waals surface area (Å²) >= 11 is 7.69. The molecule has 31 heavy (non-hydrogen) atoms. The van der Waals surface area contributed by atoms with E-state index in [0.29, 0.717) is 16.9 Å². The summed E-state index contributed by atoms with van der Waals surface area (Å²) in [6.45, 7) is 5.30. The molecule has 2 amide bonds. The van der Waals surface area contributed by atoms with Gasteiger partial charge in [0.2, 0.25) is 0 Å². The van der Waals surface area contributed by atoms with E-state index in [0.717, 1.165) is 65.1 Å². The molecule has 0 saturated carbocycles. The number of carbonyl (C=O) groups excluding carboxylic acids is 2. The first-order chi connectivity index (χ1) is 15.0. The molecule has 160 valence electrons. The van der Waals surface area contributed by atoms with Crippen molar-refractivity contribution in [3.8, 4) is 0 Å². The average molecular weight is 453 g/mol. The van der Waals surface area contributed by atoms with Crippen LogP contribution < -0.4 is 0 Å². The molecule has 0 aliphatic carbocycles. The fraction of sp³-hybridized carbons (Fsp3) is 0.360. The van der Waals surface area contributed by atoms with Crippen molar-refractivity contribution in [1.82, 2.24) is 9.80 Å². The van der Waals surface area contributed by atoms with E-state index in [-0.39, 0.29) is 11.8 Å². The van der Waals surface area contributed by atoms with Crippen molar-refractivity contribution in [1.29, 1.82) is 0 Å². The Morgan fingerprint density at radius 1 is 1.00 bits per heavy atom. The Kier molecular flexibility index (Phi) is 5.49. The van der Waals surface area contributed by atoms with Crippen LogP contribution in [0.2, 0.25) is 5.02 Å². The van der Waals surface area contributed by atoms with Crippen molar-refractivity contribution in [3.05, 3.63) is 69.6 Å². The maximum Gasteiger partial charge on any atom is 0.264 e. The summed E-state index contributed by atoms with van der Waals surface area (Å²) in [6.07, 6.45) is 2.14. The highest BCUT2D eigenvalue weighted by atomic mass is 35.5. The van der Waals surface area contributed by atoms with Crippen molar-refractivity contribution in [2.24, 2.45) is 11.8 Å². The molecule has 2 aliphatic rings. The standard InChI is InChI=1S/C25H25ClN2O2S/c1-16-21-12-20(26)7-8-22(21)31-23(16)25(30)28-14-18(15-28)11-17-9-10-27(13-17)24(29)19-5-3-2-4-6-19/h2-8,12,17-18H,9-11,13-15H2,1H3/t17-/m1/s1. The molecule has 1 atom stereocenters. The van der Waals surface area contributed by atoms with Crippen LogP contribution in [0.3, 0.4) is 0 Å². The molecular weight excluding hydrogens is 428 g/mol. The molecule has 6 heteroatoms. The monoisotopic (exact) mass is 452 g/mol. The SMILES string of the molecule is Cc1c(C(=O)N2CC(C[C@H]3CCN(C(=O)c4ccccc4)C3)C2)sc2ccc(Cl)cc12. The Hall–Kier alpha value is -2.37. The second kappa shape index (κ2) is 8.29. The predicted octanol–water partition coefficient (Wildman–Crippen LogP) is 5.49. The third kappa shape index (κ3) is 3.97. The van der Waals surface area contributed by atoms with Crippen LogP contribution in [0.5, 0.6) is 0 Å². The van der Waals surface area contributed by atoms with E-state index in [9.17, 15) is 9.59 Å². The number of hydrogen-bond donors (Lipinski definition) is 0. The van der Waals surface area contributed by atoms with Crippen LogP contribution in [-0.2, 0) is 0 Å². The molecule has 2 fully saturated rings. The van der Waals surface area contributed by atoms with Gasteiger partial charge in [0.15, 0.2) is 0 Å². The Bertz CT molecular complexity index is 1140. The van der Waals surface area contributed by atoms with Gasteiger partial charge in [0.1, 0.15) is 0 Å². The molecule has 0 unspecified atom stereocenters. The summed E-state index contributed by atoms with van der Waals surface area (Å²) in [7, 11) is 0. The van der Waals surface area contributed by atoms with Crippen LogP contribution in [0.4, 0.5) is 0 Å². The molecule has 4 nitrogen and oxygen atoms in total. The van der Waals surface area contributed by atoms with Gasteiger partial charge in [-0.2, -0.15) is 0 Å². The van der Waals surface area contributed by atoms with E-state index >= 15 is 0 Å². The van der Waals surface area contributed by atoms with Gasteiger partial charge < -0.3 is 9.80 Å². The van der Waals surface area contributed by atoms with Gasteiger partial charge in [-0.25, -0.2) is 0 Å². The quantitative estimate of drug-likeness (QED) is 0.525. The summed E-state index contributed by atoms with van der Waals surface area (Å²) in [5.74, 6) is 1.33. The fourth-order valence-electron chi connectivity index (χ4n) is 4.87. The number of likely N-dealkylation sites (tertiary alicyclic amines) is 2. The highest BCUT2D eigenvalue weighted by Crippen LogP contribution is 2.36. The van der Waals surface area contributed by atoms with Gasteiger partial charge in [0, 0.05) is 41.5 Å². The number of nitrogens with zero attached hydrogens (tertiary/aromatic N) is 2. The Labute approximate surface area is 191 Å². The first-order valence-electron chi connectivity index (χ1n) is 10.8. The predicted molar refractivity (Wildman–Crippen MR) is 126 cm³/mol. The van der Waals surface area contributed by atoms with Crippen LogP contribution in [0.25, 0.3) is 10.1 Å². The van der Waals surface area contributed by atoms with E-state index in [2.05, 4.69) is 0 Å². The number of carbonyl (C=O) groups is 2. The summed E-state index contributed by atoms with van der Waals surface area (Å²) in [5, 5.41) is 1.78. The van der Waals surface area contributed by atoms with Gasteiger partial charge in [-0.05, 0) is 72.9 Å². The van der Waals surface area contributed by atoms with Crippen LogP contribution in [-0.4, -0.2) is 47.8 Å². The van der Waals surface area contributed by atoms with Crippen molar-refractivity contribution in [3.63, 3.8) is 0 Å². The fourth-order valence-corrected chi connectivity index (χ4v) is 6.20. The number of thiophene rings is 1. The lowest BCUT2D eigenvalue weighted by atomic mass is 9.88. The minimum Gasteiger partial charge on any atom is -0.338 e. The first kappa shape index (κ1) is 20.5. The van der Waals surface area contributed by atoms with Gasteiger partial charge in [0.25, 0.3) is 11.8 Å². The number of hydrogen-bond acceptors (Lipinski definition) is 3. The van der Waals surface area contributed by atoms with Crippen LogP contribution in [0.15, 0.2) is 48.5 Å². The normalized spacial score (nSPS) is 19.1. The van der Waals surface area contributed by atoms with Crippen LogP contribution in [0.1, 0.15) is 38.4 Å². The van der Waals surface area contributed by atoms with Crippen molar-refractivity contribution >= 4 is 44.8 Å². The van der Waals surface area contributed by atoms with Gasteiger partial charge >= 0.3 is 0 Å². The molecule has 5 rings (SSSR count). The Morgan fingerprint density at radius 3 is 2.52 bits per heavy atom. The lowest BCUT2D eigenvalue weighted by Crippen LogP contribution is -2.50. The number of benzene rings is 2. The maximum absolute atomic E-state index is 13.0. The van der Waals surface area contributed by atoms with Crippen molar-refractivity contribution < 1.29 is 9.59 Å². The molecule has 0 spiro atoms. The van der Waals surface area contributed by atoms with E-state index in [1.165, 1.54) is 0 Å². The second-order valence-corrected chi connectivity index (χ2v) is 10.3. The molecule has 3 aromatic rings. The first-order valence-corrected chi connectivity index (χ1v) is 12.0. The number of fused-ring (bicyclic) bond motifs is 1. The van der Waals surface area contributed by atoms with Gasteiger partial charge in [-0.15, -0.1) is 11.3 Å². The minimum atomic E-state index is 0.133. The third-order valence-corrected chi connectivity index (χ3v) is 8.09. The largest absolute Gasteiger partial charge is 0.338 e. The van der Waals surface area contributed by atoms with Gasteiger partial charge in [-0.3, -0.25) is 9.59 Å². The molecule has 1 aromatic heterocycles. The van der Waals surface area contributed by atoms with Crippen LogP contribution in [0, 0.1) is 18.8 Å². The summed E-state index contributed by atoms with van der Waals surface area (Å²) in [4.78, 5) is 30.5. The van der Waals surface area contributed by atoms with E-state index < -0.39 is 0 Å². The summed E-state index contributed by atoms with van der Waals surface area (Å²) in [6, 6.07) is 15.3. The molecule has 2 aliphatic heterocycles. The third-order valence-electron chi connectivity index (χ3n) is 6.60. The van der Waals surface area contributed by atoms with Crippen molar-refractivity contribution in [2.75, 3.05) is 26.2 Å². The number of aryl methyl sites for hydroxylation is 1. The lowest BCUT2D eigenvalue weighted by molar-refractivity contribution is 0.0457. The highest BCUT2D eigenvalue weighted by Gasteiger charge is 2.36. The Morgan fingerprint density at radius 2 is 1.74 bits per heavy atom. The van der Waals surface area contributed by atoms with Crippen molar-refractivity contribution in [2.45, 2.75) is 19.8 Å². The van der Waals surface area contributed by atoms with Crippen LogP contribution >= 0.6 is 22.9 Å².